The van der Waals surface area contributed by atoms with E-state index in [1.807, 2.05) is 18.9 Å². The highest BCUT2D eigenvalue weighted by molar-refractivity contribution is 7.85. The molecule has 1 N–H and O–H groups in total. The highest BCUT2D eigenvalue weighted by Gasteiger charge is 2.10. The van der Waals surface area contributed by atoms with Crippen LogP contribution in [0.25, 0.3) is 0 Å². The molecule has 0 saturated carbocycles. The molecule has 0 fully saturated rings. The molecule has 0 aromatic heterocycles. The van der Waals surface area contributed by atoms with Crippen molar-refractivity contribution in [2.45, 2.75) is 11.8 Å². The van der Waals surface area contributed by atoms with Crippen LogP contribution in [-0.4, -0.2) is 26.6 Å². The summed E-state index contributed by atoms with van der Waals surface area (Å²) in [6.07, 6.45) is 0. The molecule has 0 heterocycles. The molecule has 1 aromatic carbocycles. The van der Waals surface area contributed by atoms with E-state index in [4.69, 9.17) is 4.55 Å². The summed E-state index contributed by atoms with van der Waals surface area (Å²) in [7, 11) is -2.24. The van der Waals surface area contributed by atoms with Crippen molar-refractivity contribution in [3.63, 3.8) is 0 Å². The van der Waals surface area contributed by atoms with Gasteiger partial charge in [-0.25, -0.2) is 0 Å². The van der Waals surface area contributed by atoms with Crippen LogP contribution >= 0.6 is 0 Å². The number of anilines is 1. The lowest BCUT2D eigenvalue weighted by atomic mass is 10.3. The molecule has 78 valence electrons. The average Bonchev–Trinajstić information content (AvgIpc) is 2.15. The molecule has 1 rings (SSSR count). The van der Waals surface area contributed by atoms with E-state index >= 15 is 0 Å². The fourth-order valence-corrected chi connectivity index (χ4v) is 1.58. The van der Waals surface area contributed by atoms with E-state index in [1.54, 1.807) is 12.1 Å². The van der Waals surface area contributed by atoms with Crippen molar-refractivity contribution in [1.29, 1.82) is 0 Å². The van der Waals surface area contributed by atoms with Gasteiger partial charge in [-0.3, -0.25) is 4.55 Å². The van der Waals surface area contributed by atoms with E-state index < -0.39 is 10.1 Å². The molecule has 0 radical (unpaired) electrons. The molecule has 0 spiro atoms. The zero-order valence-electron chi connectivity index (χ0n) is 8.14. The molecule has 0 unspecified atom stereocenters. The third-order valence-corrected chi connectivity index (χ3v) is 2.88. The first-order valence-corrected chi connectivity index (χ1v) is 5.68. The summed E-state index contributed by atoms with van der Waals surface area (Å²) < 4.78 is 30.5. The van der Waals surface area contributed by atoms with Crippen LogP contribution in [0.2, 0.25) is 0 Å². The smallest absolute Gasteiger partial charge is 0.294 e. The van der Waals surface area contributed by atoms with Crippen LogP contribution in [-0.2, 0) is 10.1 Å². The van der Waals surface area contributed by atoms with Crippen LogP contribution in [0.15, 0.2) is 29.2 Å². The van der Waals surface area contributed by atoms with Gasteiger partial charge in [0, 0.05) is 19.3 Å². The fourth-order valence-electron chi connectivity index (χ4n) is 1.06. The predicted octanol–water partition coefficient (Wildman–Crippen LogP) is 1.39. The molecule has 0 aliphatic heterocycles. The average molecular weight is 215 g/mol. The molecule has 4 nitrogen and oxygen atoms in total. The molecule has 0 bridgehead atoms. The van der Waals surface area contributed by atoms with Crippen LogP contribution in [0.5, 0.6) is 0 Å². The lowest BCUT2D eigenvalue weighted by Gasteiger charge is -2.16. The maximum absolute atomic E-state index is 10.8. The second-order valence-corrected chi connectivity index (χ2v) is 4.41. The maximum atomic E-state index is 10.8. The first kappa shape index (κ1) is 11.0. The molecular weight excluding hydrogens is 202 g/mol. The van der Waals surface area contributed by atoms with Gasteiger partial charge in [-0.2, -0.15) is 8.42 Å². The van der Waals surface area contributed by atoms with Gasteiger partial charge in [0.15, 0.2) is 0 Å². The van der Waals surface area contributed by atoms with Gasteiger partial charge >= 0.3 is 0 Å². The summed E-state index contributed by atoms with van der Waals surface area (Å²) in [6.45, 7) is 2.73. The Bertz CT molecular complexity index is 414. The Labute approximate surface area is 83.9 Å². The Hall–Kier alpha value is -1.07. The van der Waals surface area contributed by atoms with E-state index in [-0.39, 0.29) is 4.90 Å². The number of benzene rings is 1. The van der Waals surface area contributed by atoms with E-state index in [1.165, 1.54) is 12.1 Å². The second kappa shape index (κ2) is 3.98. The van der Waals surface area contributed by atoms with Gasteiger partial charge in [0.1, 0.15) is 0 Å². The molecule has 0 saturated heterocycles. The Morgan fingerprint density at radius 3 is 2.57 bits per heavy atom. The van der Waals surface area contributed by atoms with Crippen molar-refractivity contribution in [3.05, 3.63) is 24.3 Å². The van der Waals surface area contributed by atoms with Gasteiger partial charge in [-0.1, -0.05) is 6.07 Å². The van der Waals surface area contributed by atoms with Crippen molar-refractivity contribution in [3.8, 4) is 0 Å². The minimum atomic E-state index is -4.09. The van der Waals surface area contributed by atoms with Gasteiger partial charge in [-0.05, 0) is 25.1 Å². The molecule has 0 atom stereocenters. The van der Waals surface area contributed by atoms with Gasteiger partial charge in [-0.15, -0.1) is 0 Å². The van der Waals surface area contributed by atoms with E-state index in [0.717, 1.165) is 12.2 Å². The lowest BCUT2D eigenvalue weighted by molar-refractivity contribution is 0.483. The van der Waals surface area contributed by atoms with Crippen LogP contribution in [0.4, 0.5) is 5.69 Å². The number of nitrogens with zero attached hydrogens (tertiary/aromatic N) is 1. The van der Waals surface area contributed by atoms with Gasteiger partial charge in [0.05, 0.1) is 4.90 Å². The van der Waals surface area contributed by atoms with Gasteiger partial charge in [0.25, 0.3) is 10.1 Å². The first-order valence-electron chi connectivity index (χ1n) is 4.24. The van der Waals surface area contributed by atoms with Crippen molar-refractivity contribution in [1.82, 2.24) is 0 Å². The monoisotopic (exact) mass is 215 g/mol. The zero-order valence-corrected chi connectivity index (χ0v) is 8.95. The highest BCUT2D eigenvalue weighted by Crippen LogP contribution is 2.17. The van der Waals surface area contributed by atoms with Gasteiger partial charge < -0.3 is 4.90 Å². The number of hydrogen-bond donors (Lipinski definition) is 1. The van der Waals surface area contributed by atoms with E-state index in [0.29, 0.717) is 0 Å². The van der Waals surface area contributed by atoms with E-state index in [9.17, 15) is 8.42 Å². The minimum absolute atomic E-state index is 0.0738. The van der Waals surface area contributed by atoms with Gasteiger partial charge in [0.2, 0.25) is 0 Å². The Morgan fingerprint density at radius 1 is 1.43 bits per heavy atom. The second-order valence-electron chi connectivity index (χ2n) is 2.99. The van der Waals surface area contributed by atoms with Crippen molar-refractivity contribution < 1.29 is 13.0 Å². The topological polar surface area (TPSA) is 57.6 Å². The minimum Gasteiger partial charge on any atom is -0.375 e. The molecule has 14 heavy (non-hydrogen) atoms. The summed E-state index contributed by atoms with van der Waals surface area (Å²) in [5.74, 6) is 0. The standard InChI is InChI=1S/C9H13NO3S/c1-3-10(2)8-5-4-6-9(7-8)14(11,12)13/h4-7H,3H2,1-2H3,(H,11,12,13). The van der Waals surface area contributed by atoms with Crippen LogP contribution < -0.4 is 4.90 Å². The molecule has 5 heteroatoms. The lowest BCUT2D eigenvalue weighted by Crippen LogP contribution is -2.16. The molecule has 0 amide bonds. The SMILES string of the molecule is CCN(C)c1cccc(S(=O)(=O)O)c1. The molecule has 1 aromatic rings. The van der Waals surface area contributed by atoms with Crippen LogP contribution in [0.3, 0.4) is 0 Å². The molecule has 0 aliphatic carbocycles. The predicted molar refractivity (Wildman–Crippen MR) is 55.2 cm³/mol. The summed E-state index contributed by atoms with van der Waals surface area (Å²) in [5, 5.41) is 0. The third kappa shape index (κ3) is 2.46. The third-order valence-electron chi connectivity index (χ3n) is 2.03. The maximum Gasteiger partial charge on any atom is 0.294 e. The highest BCUT2D eigenvalue weighted by atomic mass is 32.2. The van der Waals surface area contributed by atoms with Crippen LogP contribution in [0, 0.1) is 0 Å². The summed E-state index contributed by atoms with van der Waals surface area (Å²) in [4.78, 5) is 1.81. The molecule has 0 aliphatic rings. The quantitative estimate of drug-likeness (QED) is 0.774. The zero-order chi connectivity index (χ0) is 10.8. The van der Waals surface area contributed by atoms with Crippen LogP contribution in [0.1, 0.15) is 6.92 Å². The molecular formula is C9H13NO3S. The largest absolute Gasteiger partial charge is 0.375 e. The Morgan fingerprint density at radius 2 is 2.07 bits per heavy atom. The van der Waals surface area contributed by atoms with Crippen molar-refractivity contribution in [2.75, 3.05) is 18.5 Å². The normalized spacial score (nSPS) is 11.4. The Balaban J connectivity index is 3.14. The van der Waals surface area contributed by atoms with Crippen molar-refractivity contribution in [2.24, 2.45) is 0 Å². The number of rotatable bonds is 3. The fraction of sp³-hybridized carbons (Fsp3) is 0.333. The number of hydrogen-bond acceptors (Lipinski definition) is 3. The van der Waals surface area contributed by atoms with Crippen molar-refractivity contribution >= 4 is 15.8 Å². The summed E-state index contributed by atoms with van der Waals surface area (Å²) in [5.41, 5.74) is 0.766. The Kier molecular flexibility index (Phi) is 3.13. The first-order chi connectivity index (χ1) is 6.45. The van der Waals surface area contributed by atoms with E-state index in [2.05, 4.69) is 0 Å². The summed E-state index contributed by atoms with van der Waals surface area (Å²) in [6, 6.07) is 6.20. The summed E-state index contributed by atoms with van der Waals surface area (Å²) >= 11 is 0.